The SMILES string of the molecule is Cn1cnnc1Sc1ccc(NC(=O)C(Sc2ccccc2)c2ccccc2)cc1. The van der Waals surface area contributed by atoms with Crippen molar-refractivity contribution in [2.75, 3.05) is 5.32 Å². The molecule has 1 unspecified atom stereocenters. The van der Waals surface area contributed by atoms with Gasteiger partial charge in [-0.05, 0) is 53.7 Å². The van der Waals surface area contributed by atoms with Crippen molar-refractivity contribution in [3.8, 4) is 0 Å². The van der Waals surface area contributed by atoms with Gasteiger partial charge in [-0.15, -0.1) is 22.0 Å². The van der Waals surface area contributed by atoms with Gasteiger partial charge in [0.05, 0.1) is 0 Å². The van der Waals surface area contributed by atoms with E-state index in [1.165, 1.54) is 11.8 Å². The molecule has 3 aromatic carbocycles. The second-order valence-corrected chi connectivity index (χ2v) is 8.78. The van der Waals surface area contributed by atoms with Crippen molar-refractivity contribution in [2.45, 2.75) is 20.2 Å². The summed E-state index contributed by atoms with van der Waals surface area (Å²) in [6.45, 7) is 0. The van der Waals surface area contributed by atoms with E-state index in [1.54, 1.807) is 18.1 Å². The third-order valence-electron chi connectivity index (χ3n) is 4.34. The minimum Gasteiger partial charge on any atom is -0.325 e. The maximum atomic E-state index is 13.1. The number of aromatic nitrogens is 3. The van der Waals surface area contributed by atoms with Crippen LogP contribution in [-0.2, 0) is 11.8 Å². The topological polar surface area (TPSA) is 59.8 Å². The van der Waals surface area contributed by atoms with E-state index in [2.05, 4.69) is 15.5 Å². The standard InChI is InChI=1S/C23H20N4OS2/c1-27-16-24-26-23(27)30-20-14-12-18(13-15-20)25-22(28)21(17-8-4-2-5-9-17)29-19-10-6-3-7-11-19/h2-16,21H,1H3,(H,25,28). The minimum absolute atomic E-state index is 0.0521. The zero-order valence-corrected chi connectivity index (χ0v) is 17.9. The van der Waals surface area contributed by atoms with Crippen molar-refractivity contribution >= 4 is 35.1 Å². The van der Waals surface area contributed by atoms with Gasteiger partial charge >= 0.3 is 0 Å². The molecule has 0 fully saturated rings. The van der Waals surface area contributed by atoms with Crippen LogP contribution >= 0.6 is 23.5 Å². The van der Waals surface area contributed by atoms with Gasteiger partial charge in [-0.25, -0.2) is 0 Å². The van der Waals surface area contributed by atoms with Crippen LogP contribution in [0.2, 0.25) is 0 Å². The van der Waals surface area contributed by atoms with Gasteiger partial charge < -0.3 is 9.88 Å². The van der Waals surface area contributed by atoms with Crippen LogP contribution in [0, 0.1) is 0 Å². The Morgan fingerprint density at radius 1 is 0.900 bits per heavy atom. The van der Waals surface area contributed by atoms with Crippen LogP contribution in [0.1, 0.15) is 10.8 Å². The Labute approximate surface area is 183 Å². The van der Waals surface area contributed by atoms with E-state index >= 15 is 0 Å². The molecular formula is C23H20N4OS2. The summed E-state index contributed by atoms with van der Waals surface area (Å²) in [5.74, 6) is -0.0521. The van der Waals surface area contributed by atoms with Crippen molar-refractivity contribution in [3.63, 3.8) is 0 Å². The highest BCUT2D eigenvalue weighted by Crippen LogP contribution is 2.36. The second-order valence-electron chi connectivity index (χ2n) is 6.56. The summed E-state index contributed by atoms with van der Waals surface area (Å²) in [4.78, 5) is 15.2. The number of benzene rings is 3. The zero-order chi connectivity index (χ0) is 20.8. The van der Waals surface area contributed by atoms with Crippen LogP contribution in [0.5, 0.6) is 0 Å². The molecule has 0 aliphatic rings. The third kappa shape index (κ3) is 5.11. The summed E-state index contributed by atoms with van der Waals surface area (Å²) >= 11 is 3.07. The van der Waals surface area contributed by atoms with Crippen LogP contribution in [0.4, 0.5) is 5.69 Å². The molecule has 0 saturated heterocycles. The Bertz CT molecular complexity index is 1100. The van der Waals surface area contributed by atoms with Gasteiger partial charge in [0.2, 0.25) is 5.91 Å². The average molecular weight is 433 g/mol. The average Bonchev–Trinajstić information content (AvgIpc) is 3.19. The van der Waals surface area contributed by atoms with Gasteiger partial charge in [-0.1, -0.05) is 48.5 Å². The molecule has 0 bridgehead atoms. The maximum absolute atomic E-state index is 13.1. The number of nitrogens with one attached hydrogen (secondary N) is 1. The molecule has 7 heteroatoms. The quantitative estimate of drug-likeness (QED) is 0.394. The first kappa shape index (κ1) is 20.3. The van der Waals surface area contributed by atoms with Crippen molar-refractivity contribution in [1.82, 2.24) is 14.8 Å². The lowest BCUT2D eigenvalue weighted by Gasteiger charge is -2.17. The Morgan fingerprint density at radius 3 is 2.20 bits per heavy atom. The number of rotatable bonds is 7. The molecule has 0 radical (unpaired) electrons. The fourth-order valence-electron chi connectivity index (χ4n) is 2.82. The summed E-state index contributed by atoms with van der Waals surface area (Å²) in [6, 6.07) is 27.6. The van der Waals surface area contributed by atoms with Gasteiger partial charge in [0.1, 0.15) is 11.6 Å². The predicted octanol–water partition coefficient (Wildman–Crippen LogP) is 5.44. The molecule has 1 amide bonds. The van der Waals surface area contributed by atoms with Crippen LogP contribution in [0.25, 0.3) is 0 Å². The summed E-state index contributed by atoms with van der Waals surface area (Å²) in [6.07, 6.45) is 1.67. The minimum atomic E-state index is -0.346. The number of thioether (sulfide) groups is 1. The number of anilines is 1. The van der Waals surface area contributed by atoms with Crippen LogP contribution < -0.4 is 5.32 Å². The van der Waals surface area contributed by atoms with E-state index in [-0.39, 0.29) is 11.2 Å². The first-order chi connectivity index (χ1) is 14.7. The number of aryl methyl sites for hydroxylation is 1. The molecule has 1 atom stereocenters. The van der Waals surface area contributed by atoms with E-state index in [0.717, 1.165) is 26.2 Å². The molecule has 150 valence electrons. The number of hydrogen-bond donors (Lipinski definition) is 1. The highest BCUT2D eigenvalue weighted by Gasteiger charge is 2.22. The van der Waals surface area contributed by atoms with Gasteiger partial charge in [0.25, 0.3) is 0 Å². The zero-order valence-electron chi connectivity index (χ0n) is 16.3. The van der Waals surface area contributed by atoms with Crippen molar-refractivity contribution in [1.29, 1.82) is 0 Å². The van der Waals surface area contributed by atoms with Crippen molar-refractivity contribution in [3.05, 3.63) is 96.8 Å². The molecular weight excluding hydrogens is 412 g/mol. The van der Waals surface area contributed by atoms with E-state index in [9.17, 15) is 4.79 Å². The summed E-state index contributed by atoms with van der Waals surface area (Å²) < 4.78 is 1.87. The Morgan fingerprint density at radius 2 is 1.57 bits per heavy atom. The Hall–Kier alpha value is -3.03. The number of nitrogens with zero attached hydrogens (tertiary/aromatic N) is 3. The second kappa shape index (κ2) is 9.65. The highest BCUT2D eigenvalue weighted by molar-refractivity contribution is 8.00. The van der Waals surface area contributed by atoms with E-state index in [1.807, 2.05) is 96.5 Å². The lowest BCUT2D eigenvalue weighted by molar-refractivity contribution is -0.115. The maximum Gasteiger partial charge on any atom is 0.242 e. The predicted molar refractivity (Wildman–Crippen MR) is 122 cm³/mol. The van der Waals surface area contributed by atoms with Crippen LogP contribution in [-0.4, -0.2) is 20.7 Å². The van der Waals surface area contributed by atoms with Crippen molar-refractivity contribution < 1.29 is 4.79 Å². The molecule has 0 saturated carbocycles. The highest BCUT2D eigenvalue weighted by atomic mass is 32.2. The Kier molecular flexibility index (Phi) is 6.51. The number of carbonyl (C=O) groups excluding carboxylic acids is 1. The monoisotopic (exact) mass is 432 g/mol. The molecule has 1 N–H and O–H groups in total. The number of hydrogen-bond acceptors (Lipinski definition) is 5. The van der Waals surface area contributed by atoms with E-state index in [4.69, 9.17) is 0 Å². The largest absolute Gasteiger partial charge is 0.325 e. The molecule has 0 aliphatic heterocycles. The lowest BCUT2D eigenvalue weighted by Crippen LogP contribution is -2.19. The molecule has 30 heavy (non-hydrogen) atoms. The van der Waals surface area contributed by atoms with Gasteiger partial charge in [0, 0.05) is 22.5 Å². The summed E-state index contributed by atoms with van der Waals surface area (Å²) in [7, 11) is 1.91. The molecule has 1 heterocycles. The summed E-state index contributed by atoms with van der Waals surface area (Å²) in [5, 5.41) is 11.5. The number of amides is 1. The molecule has 0 spiro atoms. The summed E-state index contributed by atoms with van der Waals surface area (Å²) in [5.41, 5.74) is 1.73. The third-order valence-corrected chi connectivity index (χ3v) is 6.66. The number of carbonyl (C=O) groups is 1. The van der Waals surface area contributed by atoms with Crippen molar-refractivity contribution in [2.24, 2.45) is 7.05 Å². The van der Waals surface area contributed by atoms with Gasteiger partial charge in [0.15, 0.2) is 5.16 Å². The molecule has 0 aliphatic carbocycles. The Balaban J connectivity index is 1.48. The van der Waals surface area contributed by atoms with Crippen LogP contribution in [0.3, 0.4) is 0 Å². The van der Waals surface area contributed by atoms with Gasteiger partial charge in [-0.2, -0.15) is 0 Å². The van der Waals surface area contributed by atoms with E-state index in [0.29, 0.717) is 0 Å². The van der Waals surface area contributed by atoms with Gasteiger partial charge in [-0.3, -0.25) is 4.79 Å². The van der Waals surface area contributed by atoms with E-state index < -0.39 is 0 Å². The fraction of sp³-hybridized carbons (Fsp3) is 0.0870. The molecule has 4 aromatic rings. The fourth-order valence-corrected chi connectivity index (χ4v) is 4.63. The molecule has 4 rings (SSSR count). The normalized spacial score (nSPS) is 11.8. The molecule has 5 nitrogen and oxygen atoms in total. The first-order valence-electron chi connectivity index (χ1n) is 9.38. The smallest absolute Gasteiger partial charge is 0.242 e. The lowest BCUT2D eigenvalue weighted by atomic mass is 10.1. The molecule has 1 aromatic heterocycles. The first-order valence-corrected chi connectivity index (χ1v) is 11.1. The van der Waals surface area contributed by atoms with Crippen LogP contribution in [0.15, 0.2) is 106 Å².